The fourth-order valence-electron chi connectivity index (χ4n) is 3.53. The molecule has 29 heavy (non-hydrogen) atoms. The molecule has 0 aromatic heterocycles. The predicted octanol–water partition coefficient (Wildman–Crippen LogP) is 5.90. The highest BCUT2D eigenvalue weighted by Crippen LogP contribution is 2.25. The number of aryl methyl sites for hydroxylation is 2. The molecular formula is C26H22O3. The number of carboxylic acids is 1. The van der Waals surface area contributed by atoms with Crippen LogP contribution in [0.2, 0.25) is 0 Å². The van der Waals surface area contributed by atoms with Crippen LogP contribution in [0.5, 0.6) is 5.75 Å². The zero-order valence-corrected chi connectivity index (χ0v) is 16.0. The van der Waals surface area contributed by atoms with Gasteiger partial charge in [0, 0.05) is 0 Å². The molecule has 0 bridgehead atoms. The number of fused-ring (bicyclic) bond motifs is 1. The Bertz CT molecular complexity index is 1130. The van der Waals surface area contributed by atoms with Crippen molar-refractivity contribution in [1.29, 1.82) is 0 Å². The van der Waals surface area contributed by atoms with Crippen molar-refractivity contribution in [3.05, 3.63) is 113 Å². The summed E-state index contributed by atoms with van der Waals surface area (Å²) < 4.78 is 6.00. The van der Waals surface area contributed by atoms with Gasteiger partial charge in [-0.3, -0.25) is 0 Å². The Morgan fingerprint density at radius 1 is 0.759 bits per heavy atom. The summed E-state index contributed by atoms with van der Waals surface area (Å²) in [6.45, 7) is 0.323. The molecule has 0 fully saturated rings. The van der Waals surface area contributed by atoms with E-state index >= 15 is 0 Å². The fraction of sp³-hybridized carbons (Fsp3) is 0.115. The highest BCUT2D eigenvalue weighted by Gasteiger charge is 2.13. The zero-order valence-electron chi connectivity index (χ0n) is 16.0. The lowest BCUT2D eigenvalue weighted by Gasteiger charge is -2.13. The molecular weight excluding hydrogens is 360 g/mol. The van der Waals surface area contributed by atoms with Crippen LogP contribution in [0, 0.1) is 0 Å². The van der Waals surface area contributed by atoms with Gasteiger partial charge in [0.15, 0.2) is 0 Å². The molecule has 144 valence electrons. The number of carboxylic acid groups (broad SMARTS) is 1. The molecule has 0 aliphatic heterocycles. The number of rotatable bonds is 7. The van der Waals surface area contributed by atoms with E-state index in [1.54, 1.807) is 6.07 Å². The van der Waals surface area contributed by atoms with Crippen LogP contribution in [-0.2, 0) is 19.4 Å². The second-order valence-electron chi connectivity index (χ2n) is 7.05. The average molecular weight is 382 g/mol. The summed E-state index contributed by atoms with van der Waals surface area (Å²) in [6.07, 6.45) is 1.73. The fourth-order valence-corrected chi connectivity index (χ4v) is 3.53. The van der Waals surface area contributed by atoms with E-state index in [4.69, 9.17) is 4.74 Å². The van der Waals surface area contributed by atoms with Gasteiger partial charge in [-0.2, -0.15) is 0 Å². The van der Waals surface area contributed by atoms with Gasteiger partial charge in [-0.25, -0.2) is 4.79 Å². The normalized spacial score (nSPS) is 10.8. The highest BCUT2D eigenvalue weighted by atomic mass is 16.5. The largest absolute Gasteiger partial charge is 0.488 e. The molecule has 1 N–H and O–H groups in total. The van der Waals surface area contributed by atoms with Gasteiger partial charge < -0.3 is 9.84 Å². The molecule has 4 aromatic rings. The molecule has 3 nitrogen and oxygen atoms in total. The summed E-state index contributed by atoms with van der Waals surface area (Å²) >= 11 is 0. The molecule has 4 rings (SSSR count). The molecule has 4 aromatic carbocycles. The summed E-state index contributed by atoms with van der Waals surface area (Å²) in [5, 5.41) is 11.8. The van der Waals surface area contributed by atoms with Crippen molar-refractivity contribution >= 4 is 16.7 Å². The van der Waals surface area contributed by atoms with Crippen molar-refractivity contribution in [3.63, 3.8) is 0 Å². The number of hydrogen-bond acceptors (Lipinski definition) is 2. The summed E-state index contributed by atoms with van der Waals surface area (Å²) in [4.78, 5) is 11.7. The topological polar surface area (TPSA) is 46.5 Å². The smallest absolute Gasteiger partial charge is 0.339 e. The molecule has 0 heterocycles. The van der Waals surface area contributed by atoms with E-state index in [1.807, 2.05) is 54.6 Å². The number of hydrogen-bond donors (Lipinski definition) is 1. The minimum absolute atomic E-state index is 0.189. The highest BCUT2D eigenvalue weighted by molar-refractivity contribution is 5.91. The first kappa shape index (κ1) is 18.8. The Morgan fingerprint density at radius 3 is 2.31 bits per heavy atom. The van der Waals surface area contributed by atoms with Crippen molar-refractivity contribution in [2.75, 3.05) is 0 Å². The van der Waals surface area contributed by atoms with Crippen LogP contribution in [0.15, 0.2) is 91.0 Å². The van der Waals surface area contributed by atoms with E-state index in [0.717, 1.165) is 34.7 Å². The summed E-state index contributed by atoms with van der Waals surface area (Å²) in [5.74, 6) is -0.566. The summed E-state index contributed by atoms with van der Waals surface area (Å²) in [7, 11) is 0. The molecule has 0 saturated heterocycles. The van der Waals surface area contributed by atoms with Gasteiger partial charge in [0.05, 0.1) is 0 Å². The Labute approximate surface area is 170 Å². The standard InChI is InChI=1S/C26H22O3/c27-26(28)24-16-15-20(14-13-19-7-2-1-3-8-19)17-25(24)29-18-22-11-6-10-21-9-4-5-12-23(21)22/h1-12,15-17H,13-14,18H2,(H,27,28). The molecule has 0 aliphatic rings. The molecule has 0 saturated carbocycles. The van der Waals surface area contributed by atoms with Gasteiger partial charge in [-0.15, -0.1) is 0 Å². The number of aromatic carboxylic acids is 1. The first-order valence-corrected chi connectivity index (χ1v) is 9.70. The average Bonchev–Trinajstić information content (AvgIpc) is 2.77. The first-order valence-electron chi connectivity index (χ1n) is 9.70. The Kier molecular flexibility index (Phi) is 5.57. The van der Waals surface area contributed by atoms with Crippen molar-refractivity contribution in [2.24, 2.45) is 0 Å². The SMILES string of the molecule is O=C(O)c1ccc(CCc2ccccc2)cc1OCc1cccc2ccccc12. The molecule has 3 heteroatoms. The second-order valence-corrected chi connectivity index (χ2v) is 7.05. The maximum atomic E-state index is 11.7. The molecule has 0 amide bonds. The van der Waals surface area contributed by atoms with Gasteiger partial charge in [0.25, 0.3) is 0 Å². The monoisotopic (exact) mass is 382 g/mol. The quantitative estimate of drug-likeness (QED) is 0.433. The molecule has 0 unspecified atom stereocenters. The van der Waals surface area contributed by atoms with Gasteiger partial charge in [-0.05, 0) is 52.4 Å². The molecule has 0 atom stereocenters. The lowest BCUT2D eigenvalue weighted by Crippen LogP contribution is -2.05. The van der Waals surface area contributed by atoms with Crippen LogP contribution in [0.3, 0.4) is 0 Å². The van der Waals surface area contributed by atoms with Gasteiger partial charge >= 0.3 is 5.97 Å². The van der Waals surface area contributed by atoms with E-state index in [1.165, 1.54) is 5.56 Å². The van der Waals surface area contributed by atoms with E-state index in [9.17, 15) is 9.90 Å². The second kappa shape index (κ2) is 8.61. The van der Waals surface area contributed by atoms with E-state index in [0.29, 0.717) is 12.4 Å². The molecule has 0 spiro atoms. The predicted molar refractivity (Wildman–Crippen MR) is 116 cm³/mol. The van der Waals surface area contributed by atoms with Crippen LogP contribution in [0.1, 0.15) is 27.0 Å². The Hall–Kier alpha value is -3.59. The maximum Gasteiger partial charge on any atom is 0.339 e. The lowest BCUT2D eigenvalue weighted by atomic mass is 10.0. The number of ether oxygens (including phenoxy) is 1. The van der Waals surface area contributed by atoms with Crippen molar-refractivity contribution in [3.8, 4) is 5.75 Å². The van der Waals surface area contributed by atoms with Gasteiger partial charge in [0.2, 0.25) is 0 Å². The molecule has 0 radical (unpaired) electrons. The third kappa shape index (κ3) is 4.46. The zero-order chi connectivity index (χ0) is 20.1. The Morgan fingerprint density at radius 2 is 1.48 bits per heavy atom. The van der Waals surface area contributed by atoms with Crippen molar-refractivity contribution in [2.45, 2.75) is 19.4 Å². The van der Waals surface area contributed by atoms with Crippen LogP contribution >= 0.6 is 0 Å². The first-order chi connectivity index (χ1) is 14.2. The van der Waals surface area contributed by atoms with Crippen LogP contribution in [0.25, 0.3) is 10.8 Å². The number of carbonyl (C=O) groups is 1. The van der Waals surface area contributed by atoms with Crippen molar-refractivity contribution in [1.82, 2.24) is 0 Å². The van der Waals surface area contributed by atoms with Crippen molar-refractivity contribution < 1.29 is 14.6 Å². The van der Waals surface area contributed by atoms with E-state index in [2.05, 4.69) is 30.3 Å². The van der Waals surface area contributed by atoms with Crippen LogP contribution < -0.4 is 4.74 Å². The third-order valence-corrected chi connectivity index (χ3v) is 5.08. The third-order valence-electron chi connectivity index (χ3n) is 5.08. The summed E-state index contributed by atoms with van der Waals surface area (Å²) in [5.41, 5.74) is 3.54. The molecule has 0 aliphatic carbocycles. The van der Waals surface area contributed by atoms with Gasteiger partial charge in [0.1, 0.15) is 17.9 Å². The van der Waals surface area contributed by atoms with Gasteiger partial charge in [-0.1, -0.05) is 78.9 Å². The van der Waals surface area contributed by atoms with Crippen LogP contribution in [0.4, 0.5) is 0 Å². The Balaban J connectivity index is 1.55. The lowest BCUT2D eigenvalue weighted by molar-refractivity contribution is 0.0691. The van der Waals surface area contributed by atoms with E-state index < -0.39 is 5.97 Å². The minimum atomic E-state index is -0.979. The summed E-state index contributed by atoms with van der Waals surface area (Å²) in [6, 6.07) is 29.8. The minimum Gasteiger partial charge on any atom is -0.488 e. The maximum absolute atomic E-state index is 11.7. The van der Waals surface area contributed by atoms with Crippen LogP contribution in [-0.4, -0.2) is 11.1 Å². The number of benzene rings is 4. The van der Waals surface area contributed by atoms with E-state index in [-0.39, 0.29) is 5.56 Å².